The molecule has 0 N–H and O–H groups in total. The summed E-state index contributed by atoms with van der Waals surface area (Å²) in [7, 11) is -3.75. The molecule has 30 heavy (non-hydrogen) atoms. The summed E-state index contributed by atoms with van der Waals surface area (Å²) < 4.78 is 33.8. The number of hydrogen-bond donors (Lipinski definition) is 0. The van der Waals surface area contributed by atoms with Crippen molar-refractivity contribution in [1.29, 1.82) is 0 Å². The molecule has 1 amide bonds. The third-order valence-corrected chi connectivity index (χ3v) is 7.44. The molecule has 2 aromatic rings. The van der Waals surface area contributed by atoms with Crippen LogP contribution in [0, 0.1) is 0 Å². The second-order valence-corrected chi connectivity index (χ2v) is 9.43. The Labute approximate surface area is 177 Å². The van der Waals surface area contributed by atoms with Gasteiger partial charge in [0.2, 0.25) is 15.9 Å². The minimum Gasteiger partial charge on any atom is -0.379 e. The summed E-state index contributed by atoms with van der Waals surface area (Å²) in [5.41, 5.74) is 0.798. The van der Waals surface area contributed by atoms with Crippen molar-refractivity contribution in [2.24, 2.45) is 0 Å². The van der Waals surface area contributed by atoms with E-state index in [9.17, 15) is 13.2 Å². The third-order valence-electron chi connectivity index (χ3n) is 5.58. The fourth-order valence-corrected chi connectivity index (χ4v) is 5.69. The van der Waals surface area contributed by atoms with E-state index in [1.807, 2.05) is 30.3 Å². The van der Waals surface area contributed by atoms with E-state index in [4.69, 9.17) is 4.74 Å². The van der Waals surface area contributed by atoms with Crippen molar-refractivity contribution in [2.75, 3.05) is 45.9 Å². The molecule has 2 saturated heterocycles. The van der Waals surface area contributed by atoms with E-state index in [0.717, 1.165) is 5.56 Å². The number of morpholine rings is 1. The van der Waals surface area contributed by atoms with E-state index in [1.165, 1.54) is 4.31 Å². The molecule has 0 saturated carbocycles. The second-order valence-electron chi connectivity index (χ2n) is 7.54. The lowest BCUT2D eigenvalue weighted by molar-refractivity contribution is -0.140. The molecule has 2 aromatic carbocycles. The highest BCUT2D eigenvalue weighted by molar-refractivity contribution is 7.89. The van der Waals surface area contributed by atoms with Crippen molar-refractivity contribution in [3.05, 3.63) is 66.2 Å². The summed E-state index contributed by atoms with van der Waals surface area (Å²) in [5.74, 6) is -0.0567. The molecule has 160 valence electrons. The average molecular weight is 430 g/mol. The lowest BCUT2D eigenvalue weighted by atomic mass is 10.1. The minimum absolute atomic E-state index is 0.0567. The van der Waals surface area contributed by atoms with Crippen LogP contribution < -0.4 is 0 Å². The van der Waals surface area contributed by atoms with Crippen molar-refractivity contribution >= 4 is 15.9 Å². The van der Waals surface area contributed by atoms with Crippen LogP contribution in [0.3, 0.4) is 0 Å². The molecule has 0 unspecified atom stereocenters. The predicted octanol–water partition coefficient (Wildman–Crippen LogP) is 1.94. The Bertz CT molecular complexity index is 947. The summed E-state index contributed by atoms with van der Waals surface area (Å²) in [6.45, 7) is 3.82. The van der Waals surface area contributed by atoms with Crippen LogP contribution in [0.2, 0.25) is 0 Å². The topological polar surface area (TPSA) is 70.2 Å². The van der Waals surface area contributed by atoms with Crippen LogP contribution in [0.5, 0.6) is 0 Å². The van der Waals surface area contributed by atoms with Crippen molar-refractivity contribution in [2.45, 2.75) is 17.5 Å². The van der Waals surface area contributed by atoms with E-state index >= 15 is 0 Å². The summed E-state index contributed by atoms with van der Waals surface area (Å²) in [6.07, 6.45) is -0.0525. The average Bonchev–Trinajstić information content (AvgIpc) is 2.80. The SMILES string of the molecule is O=C(CN1CCOCC1)N1CCCN(S(=O)(=O)c2ccccc2)[C@@H]1c1ccccc1. The van der Waals surface area contributed by atoms with Gasteiger partial charge in [0.15, 0.2) is 0 Å². The normalized spacial score (nSPS) is 21.5. The summed E-state index contributed by atoms with van der Waals surface area (Å²) >= 11 is 0. The van der Waals surface area contributed by atoms with Crippen LogP contribution in [0.1, 0.15) is 18.2 Å². The first-order valence-corrected chi connectivity index (χ1v) is 11.7. The molecule has 0 radical (unpaired) electrons. The number of sulfonamides is 1. The lowest BCUT2D eigenvalue weighted by Crippen LogP contribution is -2.54. The predicted molar refractivity (Wildman–Crippen MR) is 113 cm³/mol. The van der Waals surface area contributed by atoms with Gasteiger partial charge in [-0.25, -0.2) is 8.42 Å². The maximum absolute atomic E-state index is 13.5. The summed E-state index contributed by atoms with van der Waals surface area (Å²) in [4.78, 5) is 17.3. The highest BCUT2D eigenvalue weighted by Crippen LogP contribution is 2.34. The molecule has 2 heterocycles. The summed E-state index contributed by atoms with van der Waals surface area (Å²) in [6, 6.07) is 17.9. The van der Waals surface area contributed by atoms with E-state index in [2.05, 4.69) is 4.90 Å². The van der Waals surface area contributed by atoms with Gasteiger partial charge in [-0.3, -0.25) is 9.69 Å². The van der Waals surface area contributed by atoms with E-state index in [1.54, 1.807) is 35.2 Å². The number of benzene rings is 2. The number of nitrogens with zero attached hydrogens (tertiary/aromatic N) is 3. The smallest absolute Gasteiger partial charge is 0.245 e. The molecular weight excluding hydrogens is 402 g/mol. The molecule has 8 heteroatoms. The molecule has 2 aliphatic heterocycles. The second kappa shape index (κ2) is 9.26. The van der Waals surface area contributed by atoms with Gasteiger partial charge in [0.25, 0.3) is 0 Å². The Morgan fingerprint density at radius 1 is 0.900 bits per heavy atom. The summed E-state index contributed by atoms with van der Waals surface area (Å²) in [5, 5.41) is 0. The first-order chi connectivity index (χ1) is 14.6. The molecule has 2 aliphatic rings. The Morgan fingerprint density at radius 2 is 1.53 bits per heavy atom. The quantitative estimate of drug-likeness (QED) is 0.727. The first kappa shape index (κ1) is 21.0. The van der Waals surface area contributed by atoms with Gasteiger partial charge in [-0.05, 0) is 24.1 Å². The maximum atomic E-state index is 13.5. The Morgan fingerprint density at radius 3 is 2.20 bits per heavy atom. The van der Waals surface area contributed by atoms with Gasteiger partial charge in [0, 0.05) is 26.2 Å². The number of hydrogen-bond acceptors (Lipinski definition) is 5. The molecule has 0 aromatic heterocycles. The van der Waals surface area contributed by atoms with Crippen LogP contribution in [0.4, 0.5) is 0 Å². The lowest BCUT2D eigenvalue weighted by Gasteiger charge is -2.44. The maximum Gasteiger partial charge on any atom is 0.245 e. The van der Waals surface area contributed by atoms with Crippen molar-refractivity contribution in [1.82, 2.24) is 14.1 Å². The van der Waals surface area contributed by atoms with Crippen LogP contribution in [0.25, 0.3) is 0 Å². The molecule has 0 spiro atoms. The van der Waals surface area contributed by atoms with E-state index in [-0.39, 0.29) is 17.3 Å². The number of rotatable bonds is 5. The molecule has 4 rings (SSSR count). The Hall–Kier alpha value is -2.26. The molecule has 0 bridgehead atoms. The highest BCUT2D eigenvalue weighted by atomic mass is 32.2. The highest BCUT2D eigenvalue weighted by Gasteiger charge is 2.40. The molecule has 1 atom stereocenters. The van der Waals surface area contributed by atoms with Gasteiger partial charge < -0.3 is 9.64 Å². The first-order valence-electron chi connectivity index (χ1n) is 10.3. The van der Waals surface area contributed by atoms with Gasteiger partial charge in [0.05, 0.1) is 24.7 Å². The molecule has 2 fully saturated rings. The number of ether oxygens (including phenoxy) is 1. The molecule has 0 aliphatic carbocycles. The van der Waals surface area contributed by atoms with E-state index < -0.39 is 16.2 Å². The van der Waals surface area contributed by atoms with Crippen molar-refractivity contribution in [3.63, 3.8) is 0 Å². The minimum atomic E-state index is -3.75. The number of amides is 1. The third kappa shape index (κ3) is 4.41. The number of carbonyl (C=O) groups is 1. The Kier molecular flexibility index (Phi) is 6.48. The monoisotopic (exact) mass is 429 g/mol. The van der Waals surface area contributed by atoms with Gasteiger partial charge in [0.1, 0.15) is 6.17 Å². The molecular formula is C22H27N3O4S. The van der Waals surface area contributed by atoms with E-state index in [0.29, 0.717) is 45.8 Å². The van der Waals surface area contributed by atoms with Crippen LogP contribution >= 0.6 is 0 Å². The fourth-order valence-electron chi connectivity index (χ4n) is 4.05. The Balaban J connectivity index is 1.67. The van der Waals surface area contributed by atoms with Gasteiger partial charge >= 0.3 is 0 Å². The standard InChI is InChI=1S/C22H27N3O4S/c26-21(18-23-14-16-29-17-15-23)24-12-7-13-25(22(24)19-8-3-1-4-9-19)30(27,28)20-10-5-2-6-11-20/h1-6,8-11,22H,7,12-18H2/t22-/m1/s1. The largest absolute Gasteiger partial charge is 0.379 e. The van der Waals surface area contributed by atoms with Crippen molar-refractivity contribution < 1.29 is 17.9 Å². The van der Waals surface area contributed by atoms with Crippen LogP contribution in [-0.2, 0) is 19.6 Å². The van der Waals surface area contributed by atoms with Crippen LogP contribution in [-0.4, -0.2) is 74.4 Å². The zero-order chi connectivity index (χ0) is 21.0. The van der Waals surface area contributed by atoms with Gasteiger partial charge in [-0.2, -0.15) is 4.31 Å². The fraction of sp³-hybridized carbons (Fsp3) is 0.409. The van der Waals surface area contributed by atoms with Crippen molar-refractivity contribution in [3.8, 4) is 0 Å². The van der Waals surface area contributed by atoms with Gasteiger partial charge in [-0.15, -0.1) is 0 Å². The number of carbonyl (C=O) groups excluding carboxylic acids is 1. The van der Waals surface area contributed by atoms with Crippen LogP contribution in [0.15, 0.2) is 65.6 Å². The molecule has 7 nitrogen and oxygen atoms in total. The van der Waals surface area contributed by atoms with Gasteiger partial charge in [-0.1, -0.05) is 48.5 Å². The zero-order valence-electron chi connectivity index (χ0n) is 16.9. The zero-order valence-corrected chi connectivity index (χ0v) is 17.7.